The van der Waals surface area contributed by atoms with Crippen LogP contribution in [0, 0.1) is 6.92 Å². The number of aryl methyl sites for hydroxylation is 1. The SMILES string of the molecule is CC[C@H](C(=O)N[C@@H](C)CC)N(Cc1c(Cl)cccc1Cl)C(=O)CCCN(c1ccccc1C)S(C)(=O)=O. The van der Waals surface area contributed by atoms with Gasteiger partial charge in [-0.25, -0.2) is 8.42 Å². The molecule has 2 rings (SSSR count). The van der Waals surface area contributed by atoms with Crippen LogP contribution in [-0.2, 0) is 26.2 Å². The van der Waals surface area contributed by atoms with Crippen molar-refractivity contribution in [2.45, 2.75) is 72.0 Å². The van der Waals surface area contributed by atoms with Crippen LogP contribution in [0.5, 0.6) is 0 Å². The van der Waals surface area contributed by atoms with E-state index in [1.807, 2.05) is 39.8 Å². The molecule has 0 spiro atoms. The Morgan fingerprint density at radius 1 is 1.00 bits per heavy atom. The van der Waals surface area contributed by atoms with Crippen molar-refractivity contribution in [3.63, 3.8) is 0 Å². The van der Waals surface area contributed by atoms with E-state index in [0.717, 1.165) is 18.2 Å². The number of nitrogens with zero attached hydrogens (tertiary/aromatic N) is 2. The van der Waals surface area contributed by atoms with Crippen LogP contribution in [0.15, 0.2) is 42.5 Å². The van der Waals surface area contributed by atoms with Gasteiger partial charge < -0.3 is 10.2 Å². The van der Waals surface area contributed by atoms with Crippen molar-refractivity contribution in [2.75, 3.05) is 17.1 Å². The third kappa shape index (κ3) is 8.62. The summed E-state index contributed by atoms with van der Waals surface area (Å²) in [5.41, 5.74) is 1.96. The van der Waals surface area contributed by atoms with E-state index in [9.17, 15) is 18.0 Å². The molecule has 2 atom stereocenters. The number of carbonyl (C=O) groups is 2. The lowest BCUT2D eigenvalue weighted by atomic mass is 10.1. The Hall–Kier alpha value is -2.29. The molecule has 1 N–H and O–H groups in total. The van der Waals surface area contributed by atoms with E-state index < -0.39 is 16.1 Å². The zero-order chi connectivity index (χ0) is 27.8. The van der Waals surface area contributed by atoms with Crippen LogP contribution in [0.25, 0.3) is 0 Å². The molecule has 0 aliphatic carbocycles. The van der Waals surface area contributed by atoms with Gasteiger partial charge >= 0.3 is 0 Å². The number of hydrogen-bond acceptors (Lipinski definition) is 4. The van der Waals surface area contributed by atoms with Crippen molar-refractivity contribution in [1.29, 1.82) is 0 Å². The number of halogens is 2. The molecule has 7 nitrogen and oxygen atoms in total. The van der Waals surface area contributed by atoms with Crippen molar-refractivity contribution in [3.05, 3.63) is 63.6 Å². The fourth-order valence-corrected chi connectivity index (χ4v) is 5.58. The Morgan fingerprint density at radius 3 is 2.16 bits per heavy atom. The molecule has 0 saturated heterocycles. The maximum atomic E-state index is 13.6. The summed E-state index contributed by atoms with van der Waals surface area (Å²) in [4.78, 5) is 28.2. The fraction of sp³-hybridized carbons (Fsp3) is 0.481. The quantitative estimate of drug-likeness (QED) is 0.341. The Bertz CT molecular complexity index is 1170. The predicted molar refractivity (Wildman–Crippen MR) is 152 cm³/mol. The van der Waals surface area contributed by atoms with E-state index >= 15 is 0 Å². The van der Waals surface area contributed by atoms with Crippen LogP contribution in [0.4, 0.5) is 5.69 Å². The number of nitrogens with one attached hydrogen (secondary N) is 1. The van der Waals surface area contributed by atoms with Crippen molar-refractivity contribution in [1.82, 2.24) is 10.2 Å². The second kappa shape index (κ2) is 14.0. The number of benzene rings is 2. The first-order valence-electron chi connectivity index (χ1n) is 12.5. The Kier molecular flexibility index (Phi) is 11.7. The van der Waals surface area contributed by atoms with Gasteiger partial charge in [-0.2, -0.15) is 0 Å². The minimum absolute atomic E-state index is 0.0418. The third-order valence-electron chi connectivity index (χ3n) is 6.31. The van der Waals surface area contributed by atoms with E-state index in [4.69, 9.17) is 23.2 Å². The topological polar surface area (TPSA) is 86.8 Å². The zero-order valence-corrected chi connectivity index (χ0v) is 24.5. The predicted octanol–water partition coefficient (Wildman–Crippen LogP) is 5.57. The number of para-hydroxylation sites is 1. The molecule has 0 saturated carbocycles. The van der Waals surface area contributed by atoms with Gasteiger partial charge in [0, 0.05) is 41.2 Å². The van der Waals surface area contributed by atoms with Gasteiger partial charge in [0.25, 0.3) is 0 Å². The van der Waals surface area contributed by atoms with Gasteiger partial charge in [-0.1, -0.05) is 61.3 Å². The maximum Gasteiger partial charge on any atom is 0.243 e. The molecule has 37 heavy (non-hydrogen) atoms. The zero-order valence-electron chi connectivity index (χ0n) is 22.1. The minimum atomic E-state index is -3.56. The van der Waals surface area contributed by atoms with Crippen LogP contribution in [0.3, 0.4) is 0 Å². The van der Waals surface area contributed by atoms with Gasteiger partial charge in [-0.15, -0.1) is 0 Å². The highest BCUT2D eigenvalue weighted by Crippen LogP contribution is 2.28. The van der Waals surface area contributed by atoms with Crippen molar-refractivity contribution in [2.24, 2.45) is 0 Å². The number of anilines is 1. The first-order chi connectivity index (χ1) is 17.4. The lowest BCUT2D eigenvalue weighted by molar-refractivity contribution is -0.141. The molecule has 0 unspecified atom stereocenters. The van der Waals surface area contributed by atoms with E-state index in [1.165, 1.54) is 9.21 Å². The maximum absolute atomic E-state index is 13.6. The summed E-state index contributed by atoms with van der Waals surface area (Å²) in [7, 11) is -3.56. The van der Waals surface area contributed by atoms with E-state index in [-0.39, 0.29) is 43.8 Å². The van der Waals surface area contributed by atoms with Crippen LogP contribution < -0.4 is 9.62 Å². The van der Waals surface area contributed by atoms with Gasteiger partial charge in [0.05, 0.1) is 11.9 Å². The smallest absolute Gasteiger partial charge is 0.243 e. The van der Waals surface area contributed by atoms with Gasteiger partial charge in [0.15, 0.2) is 0 Å². The average Bonchev–Trinajstić information content (AvgIpc) is 2.83. The summed E-state index contributed by atoms with van der Waals surface area (Å²) in [5.74, 6) is -0.522. The molecule has 2 aromatic rings. The molecule has 204 valence electrons. The molecule has 0 heterocycles. The number of rotatable bonds is 13. The molecule has 10 heteroatoms. The highest BCUT2D eigenvalue weighted by atomic mass is 35.5. The van der Waals surface area contributed by atoms with E-state index in [1.54, 1.807) is 30.3 Å². The van der Waals surface area contributed by atoms with Crippen LogP contribution in [-0.4, -0.2) is 50.0 Å². The summed E-state index contributed by atoms with van der Waals surface area (Å²) in [6.45, 7) is 7.77. The van der Waals surface area contributed by atoms with Crippen LogP contribution in [0.1, 0.15) is 57.6 Å². The summed E-state index contributed by atoms with van der Waals surface area (Å²) < 4.78 is 26.4. The summed E-state index contributed by atoms with van der Waals surface area (Å²) in [6.07, 6.45) is 2.63. The molecule has 0 radical (unpaired) electrons. The lowest BCUT2D eigenvalue weighted by Crippen LogP contribution is -2.50. The minimum Gasteiger partial charge on any atom is -0.352 e. The standard InChI is InChI=1S/C27H37Cl2N3O4S/c1-6-20(4)30-27(34)24(7-2)31(18-21-22(28)13-10-14-23(21)29)26(33)16-11-17-32(37(5,35)36)25-15-9-8-12-19(25)3/h8-10,12-15,20,24H,6-7,11,16-18H2,1-5H3,(H,30,34)/t20-,24+/m0/s1. The Balaban J connectivity index is 2.29. The third-order valence-corrected chi connectivity index (χ3v) is 8.20. The van der Waals surface area contributed by atoms with Gasteiger partial charge in [0.2, 0.25) is 21.8 Å². The van der Waals surface area contributed by atoms with Gasteiger partial charge in [0.1, 0.15) is 6.04 Å². The first-order valence-corrected chi connectivity index (χ1v) is 15.1. The van der Waals surface area contributed by atoms with Crippen molar-refractivity contribution in [3.8, 4) is 0 Å². The summed E-state index contributed by atoms with van der Waals surface area (Å²) in [5, 5.41) is 3.78. The summed E-state index contributed by atoms with van der Waals surface area (Å²) >= 11 is 12.8. The molecule has 0 fully saturated rings. The molecule has 0 aromatic heterocycles. The van der Waals surface area contributed by atoms with Crippen molar-refractivity contribution < 1.29 is 18.0 Å². The molecule has 0 bridgehead atoms. The second-order valence-electron chi connectivity index (χ2n) is 9.19. The Labute approximate surface area is 231 Å². The average molecular weight is 571 g/mol. The normalized spacial score (nSPS) is 13.1. The molecule has 2 aromatic carbocycles. The van der Waals surface area contributed by atoms with Crippen molar-refractivity contribution >= 4 is 50.7 Å². The molecular weight excluding hydrogens is 533 g/mol. The first kappa shape index (κ1) is 30.9. The monoisotopic (exact) mass is 569 g/mol. The van der Waals surface area contributed by atoms with Crippen LogP contribution >= 0.6 is 23.2 Å². The van der Waals surface area contributed by atoms with E-state index in [2.05, 4.69) is 5.32 Å². The number of carbonyl (C=O) groups excluding carboxylic acids is 2. The van der Waals surface area contributed by atoms with Gasteiger partial charge in [-0.05, 0) is 56.9 Å². The second-order valence-corrected chi connectivity index (χ2v) is 11.9. The number of hydrogen-bond donors (Lipinski definition) is 1. The molecule has 0 aliphatic heterocycles. The highest BCUT2D eigenvalue weighted by Gasteiger charge is 2.30. The van der Waals surface area contributed by atoms with Crippen LogP contribution in [0.2, 0.25) is 10.0 Å². The molecule has 2 amide bonds. The van der Waals surface area contributed by atoms with Gasteiger partial charge in [-0.3, -0.25) is 13.9 Å². The highest BCUT2D eigenvalue weighted by molar-refractivity contribution is 7.92. The van der Waals surface area contributed by atoms with E-state index in [0.29, 0.717) is 27.7 Å². The molecule has 0 aliphatic rings. The lowest BCUT2D eigenvalue weighted by Gasteiger charge is -2.32. The largest absolute Gasteiger partial charge is 0.352 e. The number of sulfonamides is 1. The molecular formula is C27H37Cl2N3O4S. The number of amides is 2. The fourth-order valence-electron chi connectivity index (χ4n) is 4.04. The summed E-state index contributed by atoms with van der Waals surface area (Å²) in [6, 6.07) is 11.6. The Morgan fingerprint density at radius 2 is 1.62 bits per heavy atom.